The number of hydrogen-bond donors (Lipinski definition) is 1. The van der Waals surface area contributed by atoms with Crippen molar-refractivity contribution in [1.29, 1.82) is 0 Å². The Morgan fingerprint density at radius 2 is 0.818 bits per heavy atom. The van der Waals surface area contributed by atoms with E-state index >= 15 is 0 Å². The lowest BCUT2D eigenvalue weighted by atomic mass is 10.1. The predicted molar refractivity (Wildman–Crippen MR) is 222 cm³/mol. The molecule has 0 heterocycles. The maximum atomic E-state index is 13.2. The van der Waals surface area contributed by atoms with Gasteiger partial charge in [0.25, 0.3) is 10.1 Å². The molecule has 0 aliphatic carbocycles. The molecule has 0 fully saturated rings. The zero-order valence-electron chi connectivity index (χ0n) is 30.9. The molecule has 0 spiro atoms. The van der Waals surface area contributed by atoms with Crippen molar-refractivity contribution in [3.63, 3.8) is 0 Å². The maximum Gasteiger partial charge on any atom is 0.261 e. The van der Waals surface area contributed by atoms with E-state index in [4.69, 9.17) is 14.0 Å². The molecule has 2 atom stereocenters. The van der Waals surface area contributed by atoms with Crippen LogP contribution < -0.4 is 9.47 Å². The number of hydrogen-bond acceptors (Lipinski definition) is 6. The number of ether oxygens (including phenoxy) is 2. The lowest BCUT2D eigenvalue weighted by Crippen LogP contribution is -1.94. The van der Waals surface area contributed by atoms with E-state index in [1.807, 2.05) is 172 Å². The zero-order chi connectivity index (χ0) is 39.4. The van der Waals surface area contributed by atoms with Gasteiger partial charge in [0.15, 0.2) is 0 Å². The van der Waals surface area contributed by atoms with Crippen LogP contribution >= 0.6 is 0 Å². The standard InChI is InChI=1S/C42H32O4S2.C2H6.CH4O3S/c1-30-7-19-39(20-8-30)47(43)41-23-15-35(16-24-41)45-37-13-11-34-29-38(14-12-33(34)28-37)46-36-17-25-42(26-18-36)48(44)40-21-9-32(10-22-40)27-31-5-3-2-4-6-31;1-2;1-5(2,3)4/h2-26,28-29H,27H2,1H3;1-2H3;1H3,(H,2,3,4). The van der Waals surface area contributed by atoms with E-state index < -0.39 is 31.7 Å². The first-order valence-electron chi connectivity index (χ1n) is 17.5. The van der Waals surface area contributed by atoms with Crippen molar-refractivity contribution in [1.82, 2.24) is 0 Å². The highest BCUT2D eigenvalue weighted by molar-refractivity contribution is 7.85. The van der Waals surface area contributed by atoms with Crippen LogP contribution in [0.2, 0.25) is 0 Å². The summed E-state index contributed by atoms with van der Waals surface area (Å²) >= 11 is 0. The van der Waals surface area contributed by atoms with Crippen LogP contribution in [0.25, 0.3) is 10.8 Å². The molecule has 0 radical (unpaired) electrons. The fourth-order valence-corrected chi connectivity index (χ4v) is 7.44. The van der Waals surface area contributed by atoms with Gasteiger partial charge in [-0.1, -0.05) is 86.1 Å². The topological polar surface area (TPSA) is 107 Å². The van der Waals surface area contributed by atoms with E-state index in [9.17, 15) is 16.8 Å². The summed E-state index contributed by atoms with van der Waals surface area (Å²) in [5.41, 5.74) is 3.57. The summed E-state index contributed by atoms with van der Waals surface area (Å²) in [7, 11) is -6.20. The van der Waals surface area contributed by atoms with Crippen LogP contribution in [0.3, 0.4) is 0 Å². The molecule has 2 unspecified atom stereocenters. The van der Waals surface area contributed by atoms with Gasteiger partial charge in [0.2, 0.25) is 0 Å². The molecule has 7 aromatic carbocycles. The first-order chi connectivity index (χ1) is 26.5. The fourth-order valence-electron chi connectivity index (χ4n) is 5.36. The smallest absolute Gasteiger partial charge is 0.261 e. The number of aryl methyl sites for hydroxylation is 1. The van der Waals surface area contributed by atoms with Gasteiger partial charge in [-0.3, -0.25) is 4.55 Å². The number of rotatable bonds is 10. The molecular weight excluding hydrogens is 749 g/mol. The average molecular weight is 791 g/mol. The Labute approximate surface area is 328 Å². The van der Waals surface area contributed by atoms with Gasteiger partial charge in [0.05, 0.1) is 27.9 Å². The van der Waals surface area contributed by atoms with Gasteiger partial charge in [0.1, 0.15) is 23.0 Å². The largest absolute Gasteiger partial charge is 0.457 e. The van der Waals surface area contributed by atoms with Crippen LogP contribution in [0.4, 0.5) is 0 Å². The van der Waals surface area contributed by atoms with Crippen LogP contribution in [0, 0.1) is 6.92 Å². The summed E-state index contributed by atoms with van der Waals surface area (Å²) in [4.78, 5) is 2.99. The fraction of sp³-hybridized carbons (Fsp3) is 0.111. The van der Waals surface area contributed by atoms with E-state index in [2.05, 4.69) is 12.1 Å². The van der Waals surface area contributed by atoms with Gasteiger partial charge in [-0.2, -0.15) is 8.42 Å². The van der Waals surface area contributed by atoms with E-state index in [0.717, 1.165) is 42.3 Å². The maximum absolute atomic E-state index is 13.2. The molecule has 0 amide bonds. The SMILES string of the molecule is CC.CS(=O)(=O)O.Cc1ccc(S(=O)c2ccc(Oc3ccc4cc(Oc5ccc(S(=O)c6ccc(Cc7ccccc7)cc6)cc5)ccc4c3)cc2)cc1. The average Bonchev–Trinajstić information content (AvgIpc) is 3.19. The molecule has 0 saturated heterocycles. The summed E-state index contributed by atoms with van der Waals surface area (Å²) in [5.74, 6) is 2.75. The second kappa shape index (κ2) is 19.3. The third kappa shape index (κ3) is 12.3. The van der Waals surface area contributed by atoms with Gasteiger partial charge in [-0.05, 0) is 132 Å². The van der Waals surface area contributed by atoms with Crippen molar-refractivity contribution >= 4 is 42.5 Å². The van der Waals surface area contributed by atoms with Crippen molar-refractivity contribution in [2.24, 2.45) is 0 Å². The quantitative estimate of drug-likeness (QED) is 0.137. The molecule has 7 nitrogen and oxygen atoms in total. The summed E-state index contributed by atoms with van der Waals surface area (Å²) in [6.07, 6.45) is 1.56. The molecule has 0 aliphatic rings. The van der Waals surface area contributed by atoms with Gasteiger partial charge in [-0.15, -0.1) is 0 Å². The molecular formula is C45H42O7S3. The van der Waals surface area contributed by atoms with Gasteiger partial charge >= 0.3 is 0 Å². The highest BCUT2D eigenvalue weighted by Crippen LogP contribution is 2.31. The van der Waals surface area contributed by atoms with E-state index in [-0.39, 0.29) is 0 Å². The second-order valence-electron chi connectivity index (χ2n) is 12.2. The molecule has 7 aromatic rings. The lowest BCUT2D eigenvalue weighted by molar-refractivity contribution is 0.481. The predicted octanol–water partition coefficient (Wildman–Crippen LogP) is 11.2. The van der Waals surface area contributed by atoms with Gasteiger partial charge < -0.3 is 9.47 Å². The Morgan fingerprint density at radius 3 is 1.22 bits per heavy atom. The van der Waals surface area contributed by atoms with Gasteiger partial charge in [0, 0.05) is 19.6 Å². The molecule has 0 aliphatic heterocycles. The Hall–Kier alpha value is -5.39. The van der Waals surface area contributed by atoms with Crippen molar-refractivity contribution in [2.75, 3.05) is 6.26 Å². The van der Waals surface area contributed by atoms with Crippen molar-refractivity contribution in [3.8, 4) is 23.0 Å². The van der Waals surface area contributed by atoms with E-state index in [1.54, 1.807) is 0 Å². The molecule has 7 rings (SSSR count). The molecule has 10 heteroatoms. The third-order valence-corrected chi connectivity index (χ3v) is 10.8. The molecule has 282 valence electrons. The number of fused-ring (bicyclic) bond motifs is 1. The summed E-state index contributed by atoms with van der Waals surface area (Å²) in [6, 6.07) is 52.6. The Kier molecular flexibility index (Phi) is 14.3. The van der Waals surface area contributed by atoms with Crippen LogP contribution in [-0.4, -0.2) is 27.6 Å². The summed E-state index contributed by atoms with van der Waals surface area (Å²) in [5, 5.41) is 2.02. The van der Waals surface area contributed by atoms with Crippen molar-refractivity contribution in [2.45, 2.75) is 46.8 Å². The molecule has 0 saturated carbocycles. The molecule has 0 bridgehead atoms. The zero-order valence-corrected chi connectivity index (χ0v) is 33.4. The Bertz CT molecular complexity index is 2460. The van der Waals surface area contributed by atoms with E-state index in [0.29, 0.717) is 29.3 Å². The minimum absolute atomic E-state index is 0.667. The minimum Gasteiger partial charge on any atom is -0.457 e. The highest BCUT2D eigenvalue weighted by atomic mass is 32.2. The normalized spacial score (nSPS) is 11.9. The minimum atomic E-state index is -3.67. The van der Waals surface area contributed by atoms with Gasteiger partial charge in [-0.25, -0.2) is 8.42 Å². The van der Waals surface area contributed by atoms with Crippen LogP contribution in [-0.2, 0) is 38.1 Å². The van der Waals surface area contributed by atoms with Crippen molar-refractivity contribution < 1.29 is 30.9 Å². The molecule has 0 aromatic heterocycles. The Balaban J connectivity index is 0.000000768. The van der Waals surface area contributed by atoms with Crippen molar-refractivity contribution in [3.05, 3.63) is 180 Å². The molecule has 55 heavy (non-hydrogen) atoms. The van der Waals surface area contributed by atoms with Crippen LogP contribution in [0.15, 0.2) is 183 Å². The summed E-state index contributed by atoms with van der Waals surface area (Å²) < 4.78 is 64.3. The Morgan fingerprint density at radius 1 is 0.491 bits per heavy atom. The highest BCUT2D eigenvalue weighted by Gasteiger charge is 2.10. The third-order valence-electron chi connectivity index (χ3n) is 7.95. The first-order valence-corrected chi connectivity index (χ1v) is 21.7. The van der Waals surface area contributed by atoms with Crippen LogP contribution in [0.5, 0.6) is 23.0 Å². The molecule has 1 N–H and O–H groups in total. The number of benzene rings is 7. The first kappa shape index (κ1) is 40.8. The second-order valence-corrected chi connectivity index (χ2v) is 16.6. The summed E-state index contributed by atoms with van der Waals surface area (Å²) in [6.45, 7) is 6.01. The van der Waals surface area contributed by atoms with Crippen LogP contribution in [0.1, 0.15) is 30.5 Å². The lowest BCUT2D eigenvalue weighted by Gasteiger charge is -2.10. The monoisotopic (exact) mass is 790 g/mol. The van der Waals surface area contributed by atoms with E-state index in [1.165, 1.54) is 11.1 Å².